The number of likely N-dealkylation sites (tertiary alicyclic amines) is 2. The van der Waals surface area contributed by atoms with Gasteiger partial charge in [0.15, 0.2) is 0 Å². The van der Waals surface area contributed by atoms with E-state index in [1.54, 1.807) is 0 Å². The number of hydrogen-bond donors (Lipinski definition) is 1. The lowest BCUT2D eigenvalue weighted by molar-refractivity contribution is -0.137. The smallest absolute Gasteiger partial charge is 0.239 e. The first-order valence-corrected chi connectivity index (χ1v) is 9.87. The molecule has 6 heteroatoms. The molecule has 2 N–H and O–H groups in total. The maximum atomic E-state index is 12.9. The molecule has 0 radical (unpaired) electrons. The zero-order valence-electron chi connectivity index (χ0n) is 16.5. The fraction of sp³-hybridized carbons (Fsp3) is 0.667. The number of halogens is 2. The minimum atomic E-state index is -0.00310. The van der Waals surface area contributed by atoms with Crippen LogP contribution in [0.4, 0.5) is 0 Å². The first kappa shape index (κ1) is 24.2. The Morgan fingerprint density at radius 1 is 1.15 bits per heavy atom. The molecular formula is C21H35Cl2N3O. The van der Waals surface area contributed by atoms with E-state index in [-0.39, 0.29) is 30.9 Å². The Hall–Kier alpha value is -0.810. The van der Waals surface area contributed by atoms with Gasteiger partial charge in [0, 0.05) is 12.6 Å². The SMILES string of the molecule is CC(C(=O)N1CC(CN)CC1C)N1CCC(Cc2ccccc2)CC1.Cl.Cl. The van der Waals surface area contributed by atoms with Gasteiger partial charge in [-0.1, -0.05) is 30.3 Å². The van der Waals surface area contributed by atoms with Crippen LogP contribution in [0.15, 0.2) is 30.3 Å². The summed E-state index contributed by atoms with van der Waals surface area (Å²) in [5.74, 6) is 1.51. The third-order valence-corrected chi connectivity index (χ3v) is 6.20. The molecule has 2 saturated heterocycles. The average Bonchev–Trinajstić information content (AvgIpc) is 3.03. The van der Waals surface area contributed by atoms with E-state index in [0.717, 1.165) is 32.0 Å². The van der Waals surface area contributed by atoms with Crippen molar-refractivity contribution in [3.63, 3.8) is 0 Å². The van der Waals surface area contributed by atoms with Crippen molar-refractivity contribution >= 4 is 30.7 Å². The molecule has 0 saturated carbocycles. The Morgan fingerprint density at radius 3 is 2.33 bits per heavy atom. The van der Waals surface area contributed by atoms with Gasteiger partial charge in [-0.25, -0.2) is 0 Å². The van der Waals surface area contributed by atoms with E-state index in [2.05, 4.69) is 54.0 Å². The molecule has 1 aromatic rings. The molecule has 2 aliphatic rings. The fourth-order valence-corrected chi connectivity index (χ4v) is 4.51. The Labute approximate surface area is 176 Å². The first-order valence-electron chi connectivity index (χ1n) is 9.87. The number of nitrogens with two attached hydrogens (primary N) is 1. The first-order chi connectivity index (χ1) is 12.1. The van der Waals surface area contributed by atoms with Crippen LogP contribution in [0.3, 0.4) is 0 Å². The summed E-state index contributed by atoms with van der Waals surface area (Å²) in [6, 6.07) is 11.1. The van der Waals surface area contributed by atoms with E-state index < -0.39 is 0 Å². The van der Waals surface area contributed by atoms with Gasteiger partial charge >= 0.3 is 0 Å². The predicted molar refractivity (Wildman–Crippen MR) is 117 cm³/mol. The Morgan fingerprint density at radius 2 is 1.78 bits per heavy atom. The van der Waals surface area contributed by atoms with Crippen LogP contribution in [-0.2, 0) is 11.2 Å². The van der Waals surface area contributed by atoms with Gasteiger partial charge in [0.05, 0.1) is 6.04 Å². The van der Waals surface area contributed by atoms with Crippen molar-refractivity contribution < 1.29 is 4.79 Å². The van der Waals surface area contributed by atoms with Gasteiger partial charge in [-0.3, -0.25) is 9.69 Å². The van der Waals surface area contributed by atoms with Gasteiger partial charge in [-0.2, -0.15) is 0 Å². The van der Waals surface area contributed by atoms with Crippen molar-refractivity contribution in [2.45, 2.75) is 51.6 Å². The number of piperidine rings is 1. The number of rotatable bonds is 5. The second-order valence-corrected chi connectivity index (χ2v) is 8.02. The maximum absolute atomic E-state index is 12.9. The Bertz CT molecular complexity index is 564. The number of nitrogens with zero attached hydrogens (tertiary/aromatic N) is 2. The lowest BCUT2D eigenvalue weighted by Crippen LogP contribution is -2.50. The lowest BCUT2D eigenvalue weighted by atomic mass is 9.89. The number of carbonyl (C=O) groups is 1. The molecule has 4 nitrogen and oxygen atoms in total. The van der Waals surface area contributed by atoms with E-state index in [0.29, 0.717) is 24.4 Å². The Balaban J connectivity index is 0.00000182. The summed E-state index contributed by atoms with van der Waals surface area (Å²) in [7, 11) is 0. The van der Waals surface area contributed by atoms with Crippen LogP contribution in [0.2, 0.25) is 0 Å². The molecule has 2 fully saturated rings. The number of carbonyl (C=O) groups excluding carboxylic acids is 1. The lowest BCUT2D eigenvalue weighted by Gasteiger charge is -2.37. The molecule has 0 spiro atoms. The van der Waals surface area contributed by atoms with Crippen molar-refractivity contribution in [3.8, 4) is 0 Å². The van der Waals surface area contributed by atoms with E-state index in [1.807, 2.05) is 0 Å². The second kappa shape index (κ2) is 11.3. The molecule has 154 valence electrons. The highest BCUT2D eigenvalue weighted by Crippen LogP contribution is 2.26. The van der Waals surface area contributed by atoms with Crippen LogP contribution in [0.1, 0.15) is 38.7 Å². The zero-order valence-corrected chi connectivity index (χ0v) is 18.2. The van der Waals surface area contributed by atoms with Crippen LogP contribution >= 0.6 is 24.8 Å². The topological polar surface area (TPSA) is 49.6 Å². The highest BCUT2D eigenvalue weighted by molar-refractivity contribution is 5.85. The van der Waals surface area contributed by atoms with Crippen molar-refractivity contribution in [2.75, 3.05) is 26.2 Å². The summed E-state index contributed by atoms with van der Waals surface area (Å²) in [6.45, 7) is 7.84. The zero-order chi connectivity index (χ0) is 17.8. The third-order valence-electron chi connectivity index (χ3n) is 6.20. The molecule has 1 aromatic carbocycles. The van der Waals surface area contributed by atoms with E-state index in [4.69, 9.17) is 5.73 Å². The molecule has 2 aliphatic heterocycles. The van der Waals surface area contributed by atoms with Gasteiger partial charge in [0.25, 0.3) is 0 Å². The van der Waals surface area contributed by atoms with Crippen molar-refractivity contribution in [2.24, 2.45) is 17.6 Å². The number of amides is 1. The summed E-state index contributed by atoms with van der Waals surface area (Å²) < 4.78 is 0. The molecule has 3 unspecified atom stereocenters. The normalized spacial score (nSPS) is 24.8. The number of hydrogen-bond acceptors (Lipinski definition) is 3. The van der Waals surface area contributed by atoms with E-state index in [1.165, 1.54) is 24.8 Å². The van der Waals surface area contributed by atoms with E-state index >= 15 is 0 Å². The summed E-state index contributed by atoms with van der Waals surface area (Å²) in [5, 5.41) is 0. The molecule has 3 atom stereocenters. The molecular weight excluding hydrogens is 381 g/mol. The van der Waals surface area contributed by atoms with Gasteiger partial charge < -0.3 is 10.6 Å². The van der Waals surface area contributed by atoms with Crippen LogP contribution < -0.4 is 5.73 Å². The highest BCUT2D eigenvalue weighted by atomic mass is 35.5. The van der Waals surface area contributed by atoms with Crippen LogP contribution in [0, 0.1) is 11.8 Å². The molecule has 0 aromatic heterocycles. The van der Waals surface area contributed by atoms with Crippen LogP contribution in [0.25, 0.3) is 0 Å². The summed E-state index contributed by atoms with van der Waals surface area (Å²) >= 11 is 0. The third kappa shape index (κ3) is 6.08. The maximum Gasteiger partial charge on any atom is 0.239 e. The van der Waals surface area contributed by atoms with Gasteiger partial charge in [-0.05, 0) is 76.6 Å². The summed E-state index contributed by atoms with van der Waals surface area (Å²) in [5.41, 5.74) is 7.24. The average molecular weight is 416 g/mol. The monoisotopic (exact) mass is 415 g/mol. The summed E-state index contributed by atoms with van der Waals surface area (Å²) in [6.07, 6.45) is 4.59. The number of benzene rings is 1. The van der Waals surface area contributed by atoms with Crippen LogP contribution in [0.5, 0.6) is 0 Å². The van der Waals surface area contributed by atoms with Crippen molar-refractivity contribution in [1.82, 2.24) is 9.80 Å². The minimum Gasteiger partial charge on any atom is -0.338 e. The van der Waals surface area contributed by atoms with Crippen molar-refractivity contribution in [1.29, 1.82) is 0 Å². The van der Waals surface area contributed by atoms with Crippen molar-refractivity contribution in [3.05, 3.63) is 35.9 Å². The standard InChI is InChI=1S/C21H33N3O.2ClH/c1-16-12-20(14-22)15-24(16)21(25)17(2)23-10-8-19(9-11-23)13-18-6-4-3-5-7-18;;/h3-7,16-17,19-20H,8-15,22H2,1-2H3;2*1H. The van der Waals surface area contributed by atoms with Crippen LogP contribution in [-0.4, -0.2) is 54.0 Å². The molecule has 1 amide bonds. The van der Waals surface area contributed by atoms with Gasteiger partial charge in [0.2, 0.25) is 5.91 Å². The predicted octanol–water partition coefficient (Wildman–Crippen LogP) is 3.37. The molecule has 27 heavy (non-hydrogen) atoms. The second-order valence-electron chi connectivity index (χ2n) is 8.02. The Kier molecular flexibility index (Phi) is 10.1. The fourth-order valence-electron chi connectivity index (χ4n) is 4.51. The highest BCUT2D eigenvalue weighted by Gasteiger charge is 2.36. The van der Waals surface area contributed by atoms with Gasteiger partial charge in [0.1, 0.15) is 0 Å². The minimum absolute atomic E-state index is 0. The molecule has 0 aliphatic carbocycles. The molecule has 3 rings (SSSR count). The van der Waals surface area contributed by atoms with E-state index in [9.17, 15) is 4.79 Å². The molecule has 2 heterocycles. The largest absolute Gasteiger partial charge is 0.338 e. The molecule has 0 bridgehead atoms. The van der Waals surface area contributed by atoms with Gasteiger partial charge in [-0.15, -0.1) is 24.8 Å². The summed E-state index contributed by atoms with van der Waals surface area (Å²) in [4.78, 5) is 17.4. The quantitative estimate of drug-likeness (QED) is 0.801.